The lowest BCUT2D eigenvalue weighted by Crippen LogP contribution is -2.40. The molecule has 1 unspecified atom stereocenters. The number of nitrogens with zero attached hydrogens (tertiary/aromatic N) is 5. The Morgan fingerprint density at radius 1 is 1.07 bits per heavy atom. The minimum atomic E-state index is -0.220. The van der Waals surface area contributed by atoms with E-state index in [1.54, 1.807) is 18.5 Å². The first-order valence-electron chi connectivity index (χ1n) is 10.9. The van der Waals surface area contributed by atoms with Gasteiger partial charge in [-0.1, -0.05) is 0 Å². The highest BCUT2D eigenvalue weighted by Crippen LogP contribution is 2.26. The molecule has 0 radical (unpaired) electrons. The van der Waals surface area contributed by atoms with Crippen LogP contribution >= 0.6 is 0 Å². The number of carbonyl (C=O) groups is 1. The predicted octanol–water partition coefficient (Wildman–Crippen LogP) is 2.86. The minimum Gasteiger partial charge on any atom is -0.372 e. The second-order valence-corrected chi connectivity index (χ2v) is 8.63. The number of carbonyl (C=O) groups excluding carboxylic acids is 1. The number of amides is 1. The average molecular weight is 409 g/mol. The molecule has 1 aromatic carbocycles. The van der Waals surface area contributed by atoms with Crippen LogP contribution in [0.5, 0.6) is 0 Å². The van der Waals surface area contributed by atoms with Crippen molar-refractivity contribution in [2.24, 2.45) is 5.92 Å². The van der Waals surface area contributed by atoms with Gasteiger partial charge in [0.2, 0.25) is 11.9 Å². The number of piperidine rings is 1. The van der Waals surface area contributed by atoms with Gasteiger partial charge in [0.15, 0.2) is 0 Å². The molecule has 0 bridgehead atoms. The van der Waals surface area contributed by atoms with Crippen molar-refractivity contribution in [3.63, 3.8) is 0 Å². The Morgan fingerprint density at radius 3 is 2.43 bits per heavy atom. The predicted molar refractivity (Wildman–Crippen MR) is 121 cm³/mol. The monoisotopic (exact) mass is 408 g/mol. The first kappa shape index (κ1) is 20.6. The van der Waals surface area contributed by atoms with Crippen molar-refractivity contribution in [1.82, 2.24) is 14.9 Å². The van der Waals surface area contributed by atoms with Gasteiger partial charge in [0.25, 0.3) is 0 Å². The molecule has 3 heterocycles. The summed E-state index contributed by atoms with van der Waals surface area (Å²) in [6.45, 7) is 4.17. The number of benzene rings is 1. The molecule has 7 heteroatoms. The van der Waals surface area contributed by atoms with E-state index >= 15 is 0 Å². The van der Waals surface area contributed by atoms with Crippen molar-refractivity contribution >= 4 is 23.2 Å². The molecule has 160 valence electrons. The van der Waals surface area contributed by atoms with Crippen LogP contribution in [0.2, 0.25) is 0 Å². The summed E-state index contributed by atoms with van der Waals surface area (Å²) in [7, 11) is 4.30. The SMILES string of the molecule is CN(C)CC1CCN(c2ccc(NC(=O)C3CCCN3c3ncccn3)cc2)CC1. The molecule has 4 rings (SSSR count). The van der Waals surface area contributed by atoms with E-state index in [1.165, 1.54) is 25.1 Å². The number of hydrogen-bond donors (Lipinski definition) is 1. The summed E-state index contributed by atoms with van der Waals surface area (Å²) in [6.07, 6.45) is 7.70. The van der Waals surface area contributed by atoms with Crippen LogP contribution in [0.15, 0.2) is 42.7 Å². The zero-order valence-electron chi connectivity index (χ0n) is 18.0. The molecule has 1 N–H and O–H groups in total. The number of rotatable bonds is 6. The van der Waals surface area contributed by atoms with E-state index in [0.29, 0.717) is 5.95 Å². The van der Waals surface area contributed by atoms with Crippen LogP contribution in [-0.4, -0.2) is 67.1 Å². The van der Waals surface area contributed by atoms with E-state index in [-0.39, 0.29) is 11.9 Å². The van der Waals surface area contributed by atoms with Gasteiger partial charge in [-0.05, 0) is 76.0 Å². The van der Waals surface area contributed by atoms with Gasteiger partial charge in [0.1, 0.15) is 6.04 Å². The molecule has 2 fully saturated rings. The summed E-state index contributed by atoms with van der Waals surface area (Å²) < 4.78 is 0. The molecular formula is C23H32N6O. The van der Waals surface area contributed by atoms with Crippen LogP contribution in [0.4, 0.5) is 17.3 Å². The van der Waals surface area contributed by atoms with Crippen molar-refractivity contribution in [1.29, 1.82) is 0 Å². The lowest BCUT2D eigenvalue weighted by atomic mass is 9.96. The van der Waals surface area contributed by atoms with Crippen LogP contribution < -0.4 is 15.1 Å². The molecule has 30 heavy (non-hydrogen) atoms. The van der Waals surface area contributed by atoms with Crippen LogP contribution in [0.1, 0.15) is 25.7 Å². The molecule has 1 atom stereocenters. The van der Waals surface area contributed by atoms with Crippen molar-refractivity contribution in [2.75, 3.05) is 55.4 Å². The lowest BCUT2D eigenvalue weighted by molar-refractivity contribution is -0.117. The molecule has 1 aromatic heterocycles. The van der Waals surface area contributed by atoms with Gasteiger partial charge in [-0.25, -0.2) is 9.97 Å². The molecule has 7 nitrogen and oxygen atoms in total. The average Bonchev–Trinajstić information content (AvgIpc) is 3.25. The van der Waals surface area contributed by atoms with Gasteiger partial charge in [-0.2, -0.15) is 0 Å². The number of aromatic nitrogens is 2. The van der Waals surface area contributed by atoms with E-state index in [2.05, 4.69) is 51.3 Å². The zero-order valence-corrected chi connectivity index (χ0v) is 18.0. The fourth-order valence-corrected chi connectivity index (χ4v) is 4.59. The van der Waals surface area contributed by atoms with Gasteiger partial charge in [-0.15, -0.1) is 0 Å². The first-order chi connectivity index (χ1) is 14.6. The Hall–Kier alpha value is -2.67. The maximum Gasteiger partial charge on any atom is 0.247 e. The van der Waals surface area contributed by atoms with Gasteiger partial charge >= 0.3 is 0 Å². The largest absolute Gasteiger partial charge is 0.372 e. The highest BCUT2D eigenvalue weighted by Gasteiger charge is 2.32. The standard InChI is InChI=1S/C23H32N6O/c1-27(2)17-18-10-15-28(16-11-18)20-8-6-19(7-9-20)26-22(30)21-5-3-14-29(21)23-24-12-4-13-25-23/h4,6-9,12-13,18,21H,3,5,10-11,14-17H2,1-2H3,(H,26,30). The Labute approximate surface area is 179 Å². The summed E-state index contributed by atoms with van der Waals surface area (Å²) in [6, 6.07) is 9.83. The Bertz CT molecular complexity index is 817. The molecular weight excluding hydrogens is 376 g/mol. The van der Waals surface area contributed by atoms with E-state index in [0.717, 1.165) is 44.1 Å². The van der Waals surface area contributed by atoms with Crippen molar-refractivity contribution in [3.8, 4) is 0 Å². The third-order valence-corrected chi connectivity index (χ3v) is 6.10. The van der Waals surface area contributed by atoms with E-state index in [9.17, 15) is 4.79 Å². The topological polar surface area (TPSA) is 64.6 Å². The third kappa shape index (κ3) is 4.90. The highest BCUT2D eigenvalue weighted by molar-refractivity contribution is 5.97. The van der Waals surface area contributed by atoms with Crippen LogP contribution in [-0.2, 0) is 4.79 Å². The van der Waals surface area contributed by atoms with Gasteiger partial charge in [0.05, 0.1) is 0 Å². The van der Waals surface area contributed by atoms with Gasteiger partial charge in [0, 0.05) is 49.9 Å². The molecule has 0 aliphatic carbocycles. The van der Waals surface area contributed by atoms with E-state index in [1.807, 2.05) is 17.0 Å². The molecule has 0 spiro atoms. The smallest absolute Gasteiger partial charge is 0.247 e. The maximum atomic E-state index is 12.9. The molecule has 2 aliphatic heterocycles. The summed E-state index contributed by atoms with van der Waals surface area (Å²) in [5.41, 5.74) is 2.07. The zero-order chi connectivity index (χ0) is 20.9. The number of hydrogen-bond acceptors (Lipinski definition) is 6. The Morgan fingerprint density at radius 2 is 1.77 bits per heavy atom. The molecule has 2 aliphatic rings. The minimum absolute atomic E-state index is 0.0113. The molecule has 1 amide bonds. The summed E-state index contributed by atoms with van der Waals surface area (Å²) in [5, 5.41) is 3.08. The summed E-state index contributed by atoms with van der Waals surface area (Å²) in [4.78, 5) is 28.2. The normalized spacial score (nSPS) is 20.0. The van der Waals surface area contributed by atoms with Gasteiger partial charge < -0.3 is 20.0 Å². The molecule has 2 aromatic rings. The van der Waals surface area contributed by atoms with Crippen molar-refractivity contribution in [3.05, 3.63) is 42.7 Å². The van der Waals surface area contributed by atoms with E-state index in [4.69, 9.17) is 0 Å². The summed E-state index contributed by atoms with van der Waals surface area (Å²) >= 11 is 0. The Kier molecular flexibility index (Phi) is 6.47. The molecule has 0 saturated carbocycles. The summed E-state index contributed by atoms with van der Waals surface area (Å²) in [5.74, 6) is 1.43. The number of anilines is 3. The highest BCUT2D eigenvalue weighted by atomic mass is 16.2. The first-order valence-corrected chi connectivity index (χ1v) is 10.9. The molecule has 2 saturated heterocycles. The maximum absolute atomic E-state index is 12.9. The second-order valence-electron chi connectivity index (χ2n) is 8.63. The van der Waals surface area contributed by atoms with Crippen molar-refractivity contribution in [2.45, 2.75) is 31.7 Å². The van der Waals surface area contributed by atoms with Crippen LogP contribution in [0, 0.1) is 5.92 Å². The fourth-order valence-electron chi connectivity index (χ4n) is 4.59. The lowest BCUT2D eigenvalue weighted by Gasteiger charge is -2.34. The van der Waals surface area contributed by atoms with Crippen LogP contribution in [0.25, 0.3) is 0 Å². The Balaban J connectivity index is 1.33. The third-order valence-electron chi connectivity index (χ3n) is 6.10. The quantitative estimate of drug-likeness (QED) is 0.793. The van der Waals surface area contributed by atoms with Gasteiger partial charge in [-0.3, -0.25) is 4.79 Å². The second kappa shape index (κ2) is 9.43. The number of nitrogens with one attached hydrogen (secondary N) is 1. The van der Waals surface area contributed by atoms with E-state index < -0.39 is 0 Å². The van der Waals surface area contributed by atoms with Crippen LogP contribution in [0.3, 0.4) is 0 Å². The van der Waals surface area contributed by atoms with Crippen molar-refractivity contribution < 1.29 is 4.79 Å². The fraction of sp³-hybridized carbons (Fsp3) is 0.522.